The van der Waals surface area contributed by atoms with E-state index in [1.54, 1.807) is 6.20 Å². The first-order valence-electron chi connectivity index (χ1n) is 8.63. The molecule has 1 fully saturated rings. The third-order valence-corrected chi connectivity index (χ3v) is 5.03. The highest BCUT2D eigenvalue weighted by atomic mass is 35.5. The van der Waals surface area contributed by atoms with Crippen LogP contribution < -0.4 is 5.32 Å². The molecule has 2 N–H and O–H groups in total. The van der Waals surface area contributed by atoms with Crippen LogP contribution in [0.4, 0.5) is 5.82 Å². The number of nitrogens with one attached hydrogen (secondary N) is 2. The maximum absolute atomic E-state index is 6.09. The lowest BCUT2D eigenvalue weighted by Crippen LogP contribution is -2.17. The van der Waals surface area contributed by atoms with Crippen LogP contribution in [0.3, 0.4) is 0 Å². The van der Waals surface area contributed by atoms with Crippen molar-refractivity contribution in [1.82, 2.24) is 15.0 Å². The van der Waals surface area contributed by atoms with E-state index in [-0.39, 0.29) is 0 Å². The Morgan fingerprint density at radius 3 is 2.96 bits per heavy atom. The quantitative estimate of drug-likeness (QED) is 0.680. The highest BCUT2D eigenvalue weighted by molar-refractivity contribution is 6.31. The van der Waals surface area contributed by atoms with E-state index in [1.165, 1.54) is 32.1 Å². The lowest BCUT2D eigenvalue weighted by atomic mass is 9.89. The lowest BCUT2D eigenvalue weighted by molar-refractivity contribution is 0.373. The molecule has 0 spiro atoms. The van der Waals surface area contributed by atoms with Gasteiger partial charge in [0.1, 0.15) is 11.5 Å². The largest absolute Gasteiger partial charge is 0.370 e. The van der Waals surface area contributed by atoms with Gasteiger partial charge < -0.3 is 10.3 Å². The zero-order valence-corrected chi connectivity index (χ0v) is 14.3. The Morgan fingerprint density at radius 2 is 2.08 bits per heavy atom. The Labute approximate surface area is 146 Å². The van der Waals surface area contributed by atoms with Gasteiger partial charge in [0, 0.05) is 29.9 Å². The second-order valence-corrected chi connectivity index (χ2v) is 6.98. The molecule has 0 atom stereocenters. The molecular formula is C19H21ClN4. The summed E-state index contributed by atoms with van der Waals surface area (Å²) >= 11 is 6.09. The minimum absolute atomic E-state index is 0.634. The Hall–Kier alpha value is -2.07. The van der Waals surface area contributed by atoms with Crippen molar-refractivity contribution in [2.75, 3.05) is 11.9 Å². The van der Waals surface area contributed by atoms with Crippen LogP contribution in [0.15, 0.2) is 36.7 Å². The van der Waals surface area contributed by atoms with Gasteiger partial charge in [0.25, 0.3) is 0 Å². The van der Waals surface area contributed by atoms with Crippen molar-refractivity contribution >= 4 is 28.5 Å². The zero-order valence-electron chi connectivity index (χ0n) is 13.6. The predicted molar refractivity (Wildman–Crippen MR) is 99.4 cm³/mol. The predicted octanol–water partition coefficient (Wildman–Crippen LogP) is 5.27. The number of aromatic nitrogens is 3. The van der Waals surface area contributed by atoms with Gasteiger partial charge in [-0.15, -0.1) is 0 Å². The molecule has 3 aromatic heterocycles. The van der Waals surface area contributed by atoms with E-state index in [9.17, 15) is 0 Å². The van der Waals surface area contributed by atoms with Crippen LogP contribution in [0.5, 0.6) is 0 Å². The Kier molecular flexibility index (Phi) is 4.39. The van der Waals surface area contributed by atoms with Crippen molar-refractivity contribution in [2.45, 2.75) is 32.1 Å². The summed E-state index contributed by atoms with van der Waals surface area (Å²) in [6, 6.07) is 8.03. The first kappa shape index (κ1) is 15.5. The van der Waals surface area contributed by atoms with Gasteiger partial charge in [-0.05, 0) is 37.0 Å². The van der Waals surface area contributed by atoms with Crippen LogP contribution in [-0.4, -0.2) is 21.5 Å². The van der Waals surface area contributed by atoms with Crippen molar-refractivity contribution in [1.29, 1.82) is 0 Å². The molecular weight excluding hydrogens is 320 g/mol. The van der Waals surface area contributed by atoms with Crippen LogP contribution in [0.25, 0.3) is 22.3 Å². The van der Waals surface area contributed by atoms with Gasteiger partial charge in [-0.25, -0.2) is 9.97 Å². The molecule has 3 heterocycles. The number of halogens is 1. The van der Waals surface area contributed by atoms with Crippen molar-refractivity contribution < 1.29 is 0 Å². The molecule has 0 aliphatic heterocycles. The van der Waals surface area contributed by atoms with E-state index >= 15 is 0 Å². The number of nitrogens with zero attached hydrogens (tertiary/aromatic N) is 2. The summed E-state index contributed by atoms with van der Waals surface area (Å²) in [4.78, 5) is 12.3. The normalized spacial score (nSPS) is 15.7. The van der Waals surface area contributed by atoms with E-state index in [0.717, 1.165) is 40.6 Å². The fraction of sp³-hybridized carbons (Fsp3) is 0.368. The summed E-state index contributed by atoms with van der Waals surface area (Å²) in [6.45, 7) is 1.01. The molecule has 0 aromatic carbocycles. The van der Waals surface area contributed by atoms with E-state index in [0.29, 0.717) is 5.02 Å². The molecule has 1 aliphatic carbocycles. The number of rotatable bonds is 4. The van der Waals surface area contributed by atoms with Crippen molar-refractivity contribution in [3.63, 3.8) is 0 Å². The van der Waals surface area contributed by atoms with Crippen LogP contribution in [0, 0.1) is 5.92 Å². The summed E-state index contributed by atoms with van der Waals surface area (Å²) in [5.41, 5.74) is 2.79. The van der Waals surface area contributed by atoms with Gasteiger partial charge in [-0.1, -0.05) is 36.9 Å². The van der Waals surface area contributed by atoms with Crippen LogP contribution in [0.1, 0.15) is 32.1 Å². The first-order chi connectivity index (χ1) is 11.8. The molecule has 5 heteroatoms. The number of hydrogen-bond donors (Lipinski definition) is 2. The van der Waals surface area contributed by atoms with Gasteiger partial charge in [0.05, 0.1) is 10.7 Å². The molecule has 0 bridgehead atoms. The molecule has 24 heavy (non-hydrogen) atoms. The van der Waals surface area contributed by atoms with Crippen molar-refractivity contribution in [3.8, 4) is 11.3 Å². The number of aromatic amines is 1. The molecule has 0 amide bonds. The van der Waals surface area contributed by atoms with Crippen LogP contribution >= 0.6 is 11.6 Å². The zero-order chi connectivity index (χ0) is 16.4. The van der Waals surface area contributed by atoms with Crippen molar-refractivity contribution in [3.05, 3.63) is 41.7 Å². The number of pyridine rings is 2. The van der Waals surface area contributed by atoms with E-state index in [1.807, 2.05) is 30.5 Å². The van der Waals surface area contributed by atoms with Crippen LogP contribution in [0.2, 0.25) is 5.02 Å². The highest BCUT2D eigenvalue weighted by Crippen LogP contribution is 2.29. The summed E-state index contributed by atoms with van der Waals surface area (Å²) in [7, 11) is 0. The molecule has 4 nitrogen and oxygen atoms in total. The molecule has 0 unspecified atom stereocenters. The van der Waals surface area contributed by atoms with Crippen LogP contribution in [-0.2, 0) is 0 Å². The number of anilines is 1. The number of fused-ring (bicyclic) bond motifs is 1. The molecule has 0 saturated heterocycles. The minimum atomic E-state index is 0.634. The molecule has 1 saturated carbocycles. The first-order valence-corrected chi connectivity index (χ1v) is 9.01. The van der Waals surface area contributed by atoms with E-state index < -0.39 is 0 Å². The molecule has 4 rings (SSSR count). The van der Waals surface area contributed by atoms with Gasteiger partial charge in [0.15, 0.2) is 0 Å². The third-order valence-electron chi connectivity index (χ3n) is 4.82. The Morgan fingerprint density at radius 1 is 1.21 bits per heavy atom. The van der Waals surface area contributed by atoms with E-state index in [4.69, 9.17) is 16.6 Å². The SMILES string of the molecule is Clc1cnc2[nH]cc(-c3cccc(NCC4CCCCC4)n3)c2c1. The minimum Gasteiger partial charge on any atom is -0.370 e. The van der Waals surface area contributed by atoms with Gasteiger partial charge in [0.2, 0.25) is 0 Å². The fourth-order valence-corrected chi connectivity index (χ4v) is 3.67. The molecule has 0 radical (unpaired) electrons. The summed E-state index contributed by atoms with van der Waals surface area (Å²) < 4.78 is 0. The molecule has 3 aromatic rings. The maximum atomic E-state index is 6.09. The summed E-state index contributed by atoms with van der Waals surface area (Å²) in [5.74, 6) is 1.71. The van der Waals surface area contributed by atoms with Gasteiger partial charge in [-0.3, -0.25) is 0 Å². The lowest BCUT2D eigenvalue weighted by Gasteiger charge is -2.22. The summed E-state index contributed by atoms with van der Waals surface area (Å²) in [6.07, 6.45) is 10.4. The van der Waals surface area contributed by atoms with E-state index in [2.05, 4.69) is 15.3 Å². The van der Waals surface area contributed by atoms with Crippen molar-refractivity contribution in [2.24, 2.45) is 5.92 Å². The van der Waals surface area contributed by atoms with Gasteiger partial charge >= 0.3 is 0 Å². The second kappa shape index (κ2) is 6.81. The average Bonchev–Trinajstić information content (AvgIpc) is 3.04. The second-order valence-electron chi connectivity index (χ2n) is 6.55. The highest BCUT2D eigenvalue weighted by Gasteiger charge is 2.14. The van der Waals surface area contributed by atoms with Gasteiger partial charge in [-0.2, -0.15) is 0 Å². The fourth-order valence-electron chi connectivity index (χ4n) is 3.51. The Bertz CT molecular complexity index is 836. The molecule has 1 aliphatic rings. The summed E-state index contributed by atoms with van der Waals surface area (Å²) in [5, 5.41) is 5.15. The Balaban J connectivity index is 1.56. The number of H-pyrrole nitrogens is 1. The smallest absolute Gasteiger partial charge is 0.138 e. The average molecular weight is 341 g/mol. The monoisotopic (exact) mass is 340 g/mol. The topological polar surface area (TPSA) is 53.6 Å². The number of hydrogen-bond acceptors (Lipinski definition) is 3. The standard InChI is InChI=1S/C19H21ClN4/c20-14-9-15-16(12-23-19(15)22-11-14)17-7-4-8-18(24-17)21-10-13-5-2-1-3-6-13/h4,7-9,11-13H,1-3,5-6,10H2,(H,21,24)(H,22,23). The maximum Gasteiger partial charge on any atom is 0.138 e. The molecule has 124 valence electrons. The third kappa shape index (κ3) is 3.24.